The van der Waals surface area contributed by atoms with Crippen LogP contribution in [0.25, 0.3) is 0 Å². The van der Waals surface area contributed by atoms with Crippen LogP contribution >= 0.6 is 0 Å². The second-order valence-electron chi connectivity index (χ2n) is 8.59. The third kappa shape index (κ3) is 7.21. The molecule has 34 heavy (non-hydrogen) atoms. The molecule has 0 spiro atoms. The number of aryl methyl sites for hydroxylation is 1. The maximum atomic E-state index is 13.1. The summed E-state index contributed by atoms with van der Waals surface area (Å²) in [5.74, 6) is -0.126. The van der Waals surface area contributed by atoms with Gasteiger partial charge < -0.3 is 14.5 Å². The topological polar surface area (TPSA) is 70.8 Å². The van der Waals surface area contributed by atoms with E-state index in [1.54, 1.807) is 12.1 Å². The van der Waals surface area contributed by atoms with Gasteiger partial charge in [-0.15, -0.1) is 0 Å². The first-order valence-electron chi connectivity index (χ1n) is 11.6. The van der Waals surface area contributed by atoms with Crippen molar-refractivity contribution in [2.24, 2.45) is 0 Å². The van der Waals surface area contributed by atoms with Gasteiger partial charge in [0.05, 0.1) is 19.8 Å². The Kier molecular flexibility index (Phi) is 8.41. The molecule has 0 aliphatic carbocycles. The Balaban J connectivity index is 1.36. The smallest absolute Gasteiger partial charge is 0.273 e. The second-order valence-corrected chi connectivity index (χ2v) is 8.59. The highest BCUT2D eigenvalue weighted by atomic mass is 19.1. The molecule has 0 unspecified atom stereocenters. The lowest BCUT2D eigenvalue weighted by molar-refractivity contribution is 0.0320. The minimum Gasteiger partial charge on any atom is -0.447 e. The van der Waals surface area contributed by atoms with Gasteiger partial charge in [-0.3, -0.25) is 14.6 Å². The van der Waals surface area contributed by atoms with E-state index in [2.05, 4.69) is 51.3 Å². The number of nitrogens with zero attached hydrogens (tertiary/aromatic N) is 3. The van der Waals surface area contributed by atoms with Crippen LogP contribution in [-0.4, -0.2) is 60.1 Å². The van der Waals surface area contributed by atoms with Crippen LogP contribution < -0.4 is 5.32 Å². The third-order valence-electron chi connectivity index (χ3n) is 5.87. The fourth-order valence-electron chi connectivity index (χ4n) is 3.83. The van der Waals surface area contributed by atoms with Gasteiger partial charge in [0.25, 0.3) is 5.91 Å². The lowest BCUT2D eigenvalue weighted by Crippen LogP contribution is -2.41. The van der Waals surface area contributed by atoms with Crippen molar-refractivity contribution in [3.63, 3.8) is 0 Å². The van der Waals surface area contributed by atoms with Crippen LogP contribution in [0.2, 0.25) is 0 Å². The zero-order chi connectivity index (χ0) is 23.8. The monoisotopic (exact) mass is 466 g/mol. The quantitative estimate of drug-likeness (QED) is 0.494. The number of hydrogen-bond donors (Lipinski definition) is 1. The first-order chi connectivity index (χ1) is 16.5. The normalized spacial score (nSPS) is 14.4. The maximum Gasteiger partial charge on any atom is 0.273 e. The van der Waals surface area contributed by atoms with E-state index in [1.165, 1.54) is 29.5 Å². The number of carbonyl (C=O) groups is 1. The van der Waals surface area contributed by atoms with E-state index < -0.39 is 0 Å². The fourth-order valence-corrected chi connectivity index (χ4v) is 3.83. The molecule has 0 atom stereocenters. The molecular weight excluding hydrogens is 435 g/mol. The van der Waals surface area contributed by atoms with Crippen LogP contribution in [0.3, 0.4) is 0 Å². The molecule has 1 saturated heterocycles. The van der Waals surface area contributed by atoms with Crippen LogP contribution in [-0.2, 0) is 24.4 Å². The van der Waals surface area contributed by atoms with Crippen molar-refractivity contribution < 1.29 is 18.3 Å². The largest absolute Gasteiger partial charge is 0.447 e. The molecule has 4 rings (SSSR count). The lowest BCUT2D eigenvalue weighted by atomic mass is 10.1. The molecule has 2 aromatic carbocycles. The van der Waals surface area contributed by atoms with Gasteiger partial charge >= 0.3 is 0 Å². The molecule has 7 nitrogen and oxygen atoms in total. The lowest BCUT2D eigenvalue weighted by Gasteiger charge is -2.29. The van der Waals surface area contributed by atoms with E-state index in [1.807, 2.05) is 0 Å². The molecule has 1 amide bonds. The maximum absolute atomic E-state index is 13.1. The molecule has 2 heterocycles. The van der Waals surface area contributed by atoms with Crippen LogP contribution in [0.5, 0.6) is 0 Å². The van der Waals surface area contributed by atoms with Gasteiger partial charge in [-0.2, -0.15) is 0 Å². The zero-order valence-electron chi connectivity index (χ0n) is 19.5. The van der Waals surface area contributed by atoms with E-state index in [9.17, 15) is 9.18 Å². The summed E-state index contributed by atoms with van der Waals surface area (Å²) in [4.78, 5) is 21.6. The van der Waals surface area contributed by atoms with Crippen molar-refractivity contribution in [1.82, 2.24) is 20.1 Å². The Hall–Kier alpha value is -3.07. The summed E-state index contributed by atoms with van der Waals surface area (Å²) in [6.07, 6.45) is 1.39. The minimum absolute atomic E-state index is 0.237. The van der Waals surface area contributed by atoms with Crippen LogP contribution in [0.4, 0.5) is 4.39 Å². The Morgan fingerprint density at radius 2 is 1.76 bits per heavy atom. The summed E-state index contributed by atoms with van der Waals surface area (Å²) in [5.41, 5.74) is 3.50. The molecule has 8 heteroatoms. The molecular formula is C26H31FN4O3. The van der Waals surface area contributed by atoms with Gasteiger partial charge in [0, 0.05) is 39.3 Å². The van der Waals surface area contributed by atoms with Crippen LogP contribution in [0, 0.1) is 12.7 Å². The molecule has 3 aromatic rings. The Labute approximate surface area is 199 Å². The number of ether oxygens (including phenoxy) is 1. The van der Waals surface area contributed by atoms with Gasteiger partial charge in [-0.25, -0.2) is 9.37 Å². The van der Waals surface area contributed by atoms with Gasteiger partial charge in [0.1, 0.15) is 12.1 Å². The molecule has 1 N–H and O–H groups in total. The molecule has 0 radical (unpaired) electrons. The summed E-state index contributed by atoms with van der Waals surface area (Å²) in [5, 5.41) is 2.80. The number of benzene rings is 2. The highest BCUT2D eigenvalue weighted by molar-refractivity contribution is 5.91. The first kappa shape index (κ1) is 24.1. The Bertz CT molecular complexity index is 1050. The van der Waals surface area contributed by atoms with Crippen molar-refractivity contribution in [2.45, 2.75) is 26.6 Å². The fraction of sp³-hybridized carbons (Fsp3) is 0.385. The molecule has 180 valence electrons. The summed E-state index contributed by atoms with van der Waals surface area (Å²) in [6.45, 7) is 8.84. The number of amides is 1. The number of aromatic nitrogens is 1. The van der Waals surface area contributed by atoms with Crippen LogP contribution in [0.15, 0.2) is 59.2 Å². The van der Waals surface area contributed by atoms with Crippen molar-refractivity contribution in [3.05, 3.63) is 88.9 Å². The number of rotatable bonds is 10. The van der Waals surface area contributed by atoms with Crippen molar-refractivity contribution in [1.29, 1.82) is 0 Å². The van der Waals surface area contributed by atoms with Crippen molar-refractivity contribution >= 4 is 5.91 Å². The van der Waals surface area contributed by atoms with E-state index >= 15 is 0 Å². The number of morpholine rings is 1. The third-order valence-corrected chi connectivity index (χ3v) is 5.87. The van der Waals surface area contributed by atoms with E-state index in [0.717, 1.165) is 51.5 Å². The highest BCUT2D eigenvalue weighted by Crippen LogP contribution is 2.12. The molecule has 1 fully saturated rings. The van der Waals surface area contributed by atoms with E-state index in [0.29, 0.717) is 19.0 Å². The summed E-state index contributed by atoms with van der Waals surface area (Å²) < 4.78 is 24.1. The van der Waals surface area contributed by atoms with Crippen molar-refractivity contribution in [2.75, 3.05) is 39.4 Å². The van der Waals surface area contributed by atoms with E-state index in [-0.39, 0.29) is 17.4 Å². The zero-order valence-corrected chi connectivity index (χ0v) is 19.5. The number of hydrogen-bond acceptors (Lipinski definition) is 6. The summed E-state index contributed by atoms with van der Waals surface area (Å²) in [6, 6.07) is 14.5. The SMILES string of the molecule is Cc1ccc(CN(CCN2CCOCC2)Cc2nc(C(=O)NCc3ccc(F)cc3)co2)cc1. The number of halogens is 1. The number of nitrogens with one attached hydrogen (secondary N) is 1. The average Bonchev–Trinajstić information content (AvgIpc) is 3.33. The van der Waals surface area contributed by atoms with Gasteiger partial charge in [0.2, 0.25) is 5.89 Å². The molecule has 0 bridgehead atoms. The predicted molar refractivity (Wildman–Crippen MR) is 127 cm³/mol. The molecule has 1 aliphatic heterocycles. The van der Waals surface area contributed by atoms with Crippen molar-refractivity contribution in [3.8, 4) is 0 Å². The average molecular weight is 467 g/mol. The van der Waals surface area contributed by atoms with E-state index in [4.69, 9.17) is 9.15 Å². The predicted octanol–water partition coefficient (Wildman–Crippen LogP) is 3.39. The number of oxazole rings is 1. The number of carbonyl (C=O) groups excluding carboxylic acids is 1. The Morgan fingerprint density at radius 3 is 2.50 bits per heavy atom. The molecule has 1 aromatic heterocycles. The standard InChI is InChI=1S/C26H31FN4O3/c1-20-2-4-22(5-3-20)17-31(11-10-30-12-14-33-15-13-30)18-25-29-24(19-34-25)26(32)28-16-21-6-8-23(27)9-7-21/h2-9,19H,10-18H2,1H3,(H,28,32). The van der Waals surface area contributed by atoms with Gasteiger partial charge in [-0.1, -0.05) is 42.0 Å². The molecule has 1 aliphatic rings. The second kappa shape index (κ2) is 11.9. The minimum atomic E-state index is -0.322. The summed E-state index contributed by atoms with van der Waals surface area (Å²) in [7, 11) is 0. The summed E-state index contributed by atoms with van der Waals surface area (Å²) >= 11 is 0. The first-order valence-corrected chi connectivity index (χ1v) is 11.6. The van der Waals surface area contributed by atoms with Gasteiger partial charge in [-0.05, 0) is 30.2 Å². The highest BCUT2D eigenvalue weighted by Gasteiger charge is 2.17. The Morgan fingerprint density at radius 1 is 1.06 bits per heavy atom. The van der Waals surface area contributed by atoms with Gasteiger partial charge in [0.15, 0.2) is 5.69 Å². The molecule has 0 saturated carbocycles. The van der Waals surface area contributed by atoms with Crippen LogP contribution in [0.1, 0.15) is 33.1 Å².